The highest BCUT2D eigenvalue weighted by molar-refractivity contribution is 7.84. The van der Waals surface area contributed by atoms with Crippen LogP contribution in [0.1, 0.15) is 6.42 Å². The third kappa shape index (κ3) is 7.18. The topological polar surface area (TPSA) is 116 Å². The highest BCUT2D eigenvalue weighted by Crippen LogP contribution is 1.90. The summed E-state index contributed by atoms with van der Waals surface area (Å²) in [6.45, 7) is -0.114. The number of carboxylic acid groups (broad SMARTS) is 1. The molecule has 94 valence electrons. The average molecular weight is 252 g/mol. The fraction of sp³-hybridized carbons (Fsp3) is 0.750. The lowest BCUT2D eigenvalue weighted by Gasteiger charge is -2.13. The molecule has 0 rings (SSSR count). The number of amides is 2. The molecule has 0 saturated carbocycles. The number of hydrogen-bond acceptors (Lipinski definition) is 4. The lowest BCUT2D eigenvalue weighted by molar-refractivity contribution is -0.139. The van der Waals surface area contributed by atoms with Crippen LogP contribution in [-0.4, -0.2) is 57.6 Å². The molecule has 2 amide bonds. The van der Waals surface area contributed by atoms with Crippen LogP contribution in [0.15, 0.2) is 0 Å². The van der Waals surface area contributed by atoms with E-state index < -0.39 is 28.8 Å². The molecule has 8 heteroatoms. The highest BCUT2D eigenvalue weighted by Gasteiger charge is 2.18. The summed E-state index contributed by atoms with van der Waals surface area (Å²) in [5.41, 5.74) is 0. The van der Waals surface area contributed by atoms with E-state index in [1.54, 1.807) is 0 Å². The zero-order valence-corrected chi connectivity index (χ0v) is 9.75. The molecule has 0 aromatic rings. The van der Waals surface area contributed by atoms with Gasteiger partial charge in [0.2, 0.25) is 0 Å². The van der Waals surface area contributed by atoms with Gasteiger partial charge in [-0.05, 0) is 0 Å². The van der Waals surface area contributed by atoms with Gasteiger partial charge >= 0.3 is 12.0 Å². The number of nitrogens with one attached hydrogen (secondary N) is 2. The Labute approximate surface area is 95.7 Å². The van der Waals surface area contributed by atoms with Crippen molar-refractivity contribution in [1.29, 1.82) is 0 Å². The molecule has 0 aliphatic rings. The second kappa shape index (κ2) is 8.05. The lowest BCUT2D eigenvalue weighted by Crippen LogP contribution is -2.47. The smallest absolute Gasteiger partial charge is 0.326 e. The minimum absolute atomic E-state index is 0.0531. The summed E-state index contributed by atoms with van der Waals surface area (Å²) in [5.74, 6) is -0.895. The molecule has 0 saturated heterocycles. The van der Waals surface area contributed by atoms with Gasteiger partial charge in [-0.25, -0.2) is 9.59 Å². The third-order valence-electron chi connectivity index (χ3n) is 1.70. The second-order valence-electron chi connectivity index (χ2n) is 3.08. The predicted molar refractivity (Wildman–Crippen MR) is 58.6 cm³/mol. The number of carbonyl (C=O) groups excluding carboxylic acids is 1. The summed E-state index contributed by atoms with van der Waals surface area (Å²) < 4.78 is 10.7. The van der Waals surface area contributed by atoms with Gasteiger partial charge in [0.1, 0.15) is 6.04 Å². The molecule has 16 heavy (non-hydrogen) atoms. The molecule has 2 atom stereocenters. The standard InChI is InChI=1S/C8H16N2O5S/c1-16(15)5-3-9-8(14)10-6(2-4-11)7(12)13/h6,11H,2-5H2,1H3,(H,12,13)(H2,9,10,14). The van der Waals surface area contributed by atoms with Crippen molar-refractivity contribution in [3.8, 4) is 0 Å². The molecule has 0 fully saturated rings. The molecule has 7 nitrogen and oxygen atoms in total. The molecule has 0 aliphatic heterocycles. The Hall–Kier alpha value is -1.15. The third-order valence-corrected chi connectivity index (χ3v) is 2.48. The van der Waals surface area contributed by atoms with Crippen molar-refractivity contribution in [2.45, 2.75) is 12.5 Å². The fourth-order valence-electron chi connectivity index (χ4n) is 0.904. The van der Waals surface area contributed by atoms with E-state index in [2.05, 4.69) is 10.6 Å². The Kier molecular flexibility index (Phi) is 7.48. The van der Waals surface area contributed by atoms with Gasteiger partial charge in [0.25, 0.3) is 0 Å². The van der Waals surface area contributed by atoms with E-state index in [1.165, 1.54) is 6.26 Å². The zero-order chi connectivity index (χ0) is 12.6. The average Bonchev–Trinajstić information content (AvgIpc) is 2.16. The molecule has 0 heterocycles. The van der Waals surface area contributed by atoms with E-state index >= 15 is 0 Å². The number of carboxylic acids is 1. The first-order chi connectivity index (χ1) is 7.47. The number of carbonyl (C=O) groups is 2. The van der Waals surface area contributed by atoms with Gasteiger partial charge < -0.3 is 20.8 Å². The first kappa shape index (κ1) is 14.8. The molecule has 0 radical (unpaired) electrons. The van der Waals surface area contributed by atoms with E-state index in [1.807, 2.05) is 0 Å². The van der Waals surface area contributed by atoms with Gasteiger partial charge in [0, 0.05) is 42.4 Å². The zero-order valence-electron chi connectivity index (χ0n) is 8.93. The number of aliphatic carboxylic acids is 1. The Balaban J connectivity index is 3.90. The van der Waals surface area contributed by atoms with Crippen LogP contribution in [0.2, 0.25) is 0 Å². The molecular weight excluding hydrogens is 236 g/mol. The number of hydrogen-bond donors (Lipinski definition) is 4. The predicted octanol–water partition coefficient (Wildman–Crippen LogP) is -1.50. The van der Waals surface area contributed by atoms with Crippen LogP contribution in [0, 0.1) is 0 Å². The van der Waals surface area contributed by atoms with Crippen LogP contribution in [0.3, 0.4) is 0 Å². The summed E-state index contributed by atoms with van der Waals surface area (Å²) in [7, 11) is -1.01. The number of rotatable bonds is 7. The van der Waals surface area contributed by atoms with Gasteiger partial charge in [-0.3, -0.25) is 4.21 Å². The minimum Gasteiger partial charge on any atom is -0.480 e. The molecule has 0 aromatic heterocycles. The van der Waals surface area contributed by atoms with Crippen LogP contribution in [0.5, 0.6) is 0 Å². The minimum atomic E-state index is -1.21. The number of aliphatic hydroxyl groups excluding tert-OH is 1. The summed E-state index contributed by atoms with van der Waals surface area (Å²) >= 11 is 0. The maximum absolute atomic E-state index is 11.1. The normalized spacial score (nSPS) is 13.9. The van der Waals surface area contributed by atoms with Crippen molar-refractivity contribution in [2.75, 3.05) is 25.2 Å². The maximum Gasteiger partial charge on any atom is 0.326 e. The number of urea groups is 1. The van der Waals surface area contributed by atoms with Gasteiger partial charge in [0.05, 0.1) is 0 Å². The Morgan fingerprint density at radius 1 is 1.44 bits per heavy atom. The first-order valence-electron chi connectivity index (χ1n) is 4.65. The fourth-order valence-corrected chi connectivity index (χ4v) is 1.29. The van der Waals surface area contributed by atoms with Gasteiger partial charge in [-0.15, -0.1) is 0 Å². The Morgan fingerprint density at radius 2 is 2.06 bits per heavy atom. The number of aliphatic hydroxyl groups is 1. The second-order valence-corrected chi connectivity index (χ2v) is 4.64. The van der Waals surface area contributed by atoms with E-state index in [0.29, 0.717) is 5.75 Å². The maximum atomic E-state index is 11.1. The van der Waals surface area contributed by atoms with Crippen LogP contribution < -0.4 is 10.6 Å². The molecule has 0 spiro atoms. The Bertz CT molecular complexity index is 271. The van der Waals surface area contributed by atoms with E-state index in [9.17, 15) is 13.8 Å². The van der Waals surface area contributed by atoms with Crippen LogP contribution in [0.25, 0.3) is 0 Å². The van der Waals surface area contributed by atoms with Crippen LogP contribution >= 0.6 is 0 Å². The molecule has 0 aliphatic carbocycles. The van der Waals surface area contributed by atoms with Crippen molar-refractivity contribution in [1.82, 2.24) is 10.6 Å². The summed E-state index contributed by atoms with van der Waals surface area (Å²) in [6, 6.07) is -1.76. The van der Waals surface area contributed by atoms with Crippen molar-refractivity contribution in [2.24, 2.45) is 0 Å². The molecule has 4 N–H and O–H groups in total. The van der Waals surface area contributed by atoms with Gasteiger partial charge in [0.15, 0.2) is 0 Å². The van der Waals surface area contributed by atoms with Crippen molar-refractivity contribution >= 4 is 22.8 Å². The van der Waals surface area contributed by atoms with Crippen molar-refractivity contribution in [3.05, 3.63) is 0 Å². The van der Waals surface area contributed by atoms with E-state index in [4.69, 9.17) is 10.2 Å². The van der Waals surface area contributed by atoms with Crippen molar-refractivity contribution < 1.29 is 24.0 Å². The van der Waals surface area contributed by atoms with Crippen LogP contribution in [-0.2, 0) is 15.6 Å². The summed E-state index contributed by atoms with van der Waals surface area (Å²) in [4.78, 5) is 21.8. The van der Waals surface area contributed by atoms with Gasteiger partial charge in [-0.2, -0.15) is 0 Å². The quantitative estimate of drug-likeness (QED) is 0.440. The summed E-state index contributed by atoms with van der Waals surface area (Å²) in [5, 5.41) is 21.8. The lowest BCUT2D eigenvalue weighted by atomic mass is 10.2. The van der Waals surface area contributed by atoms with Gasteiger partial charge in [-0.1, -0.05) is 0 Å². The molecular formula is C8H16N2O5S. The SMILES string of the molecule is CS(=O)CCNC(=O)NC(CCO)C(=O)O. The largest absolute Gasteiger partial charge is 0.480 e. The van der Waals surface area contributed by atoms with Crippen LogP contribution in [0.4, 0.5) is 4.79 Å². The Morgan fingerprint density at radius 3 is 2.50 bits per heavy atom. The monoisotopic (exact) mass is 252 g/mol. The molecule has 2 unspecified atom stereocenters. The van der Waals surface area contributed by atoms with E-state index in [-0.39, 0.29) is 19.6 Å². The van der Waals surface area contributed by atoms with E-state index in [0.717, 1.165) is 0 Å². The van der Waals surface area contributed by atoms with Crippen molar-refractivity contribution in [3.63, 3.8) is 0 Å². The first-order valence-corrected chi connectivity index (χ1v) is 6.38. The molecule has 0 aromatic carbocycles. The highest BCUT2D eigenvalue weighted by atomic mass is 32.2. The molecule has 0 bridgehead atoms. The summed E-state index contributed by atoms with van der Waals surface area (Å²) in [6.07, 6.45) is 1.45.